The Balaban J connectivity index is 2.33. The SMILES string of the molecule is C#CC1(c2cccc3cnccc23)CC1. The molecular weight excluding hydrogens is 182 g/mol. The highest BCUT2D eigenvalue weighted by Crippen LogP contribution is 2.49. The van der Waals surface area contributed by atoms with Gasteiger partial charge in [0.2, 0.25) is 0 Å². The van der Waals surface area contributed by atoms with Crippen LogP contribution in [-0.2, 0) is 5.41 Å². The summed E-state index contributed by atoms with van der Waals surface area (Å²) < 4.78 is 0. The van der Waals surface area contributed by atoms with Crippen LogP contribution in [0.3, 0.4) is 0 Å². The van der Waals surface area contributed by atoms with Gasteiger partial charge in [-0.15, -0.1) is 6.42 Å². The number of aromatic nitrogens is 1. The lowest BCUT2D eigenvalue weighted by Gasteiger charge is -2.11. The molecule has 3 rings (SSSR count). The minimum absolute atomic E-state index is 0.0147. The maximum atomic E-state index is 5.63. The summed E-state index contributed by atoms with van der Waals surface area (Å²) in [5, 5.41) is 2.43. The summed E-state index contributed by atoms with van der Waals surface area (Å²) in [7, 11) is 0. The molecule has 15 heavy (non-hydrogen) atoms. The smallest absolute Gasteiger partial charge is 0.0567 e. The van der Waals surface area contributed by atoms with Crippen LogP contribution in [0.5, 0.6) is 0 Å². The van der Waals surface area contributed by atoms with Gasteiger partial charge in [-0.1, -0.05) is 24.1 Å². The summed E-state index contributed by atoms with van der Waals surface area (Å²) in [6.45, 7) is 0. The first-order chi connectivity index (χ1) is 7.36. The highest BCUT2D eigenvalue weighted by molar-refractivity contribution is 5.86. The fourth-order valence-electron chi connectivity index (χ4n) is 2.16. The Morgan fingerprint density at radius 3 is 2.87 bits per heavy atom. The minimum atomic E-state index is 0.0147. The maximum absolute atomic E-state index is 5.63. The van der Waals surface area contributed by atoms with Gasteiger partial charge < -0.3 is 0 Å². The van der Waals surface area contributed by atoms with Crippen molar-refractivity contribution in [3.8, 4) is 12.3 Å². The second-order valence-corrected chi connectivity index (χ2v) is 4.13. The monoisotopic (exact) mass is 193 g/mol. The molecule has 0 radical (unpaired) electrons. The zero-order valence-corrected chi connectivity index (χ0v) is 8.40. The van der Waals surface area contributed by atoms with Crippen molar-refractivity contribution in [3.05, 3.63) is 42.2 Å². The molecule has 0 aliphatic heterocycles. The topological polar surface area (TPSA) is 12.9 Å². The van der Waals surface area contributed by atoms with Gasteiger partial charge in [-0.05, 0) is 29.9 Å². The van der Waals surface area contributed by atoms with Gasteiger partial charge in [-0.3, -0.25) is 4.98 Å². The van der Waals surface area contributed by atoms with E-state index in [0.717, 1.165) is 12.8 Å². The number of benzene rings is 1. The van der Waals surface area contributed by atoms with E-state index < -0.39 is 0 Å². The second-order valence-electron chi connectivity index (χ2n) is 4.13. The van der Waals surface area contributed by atoms with Gasteiger partial charge in [-0.2, -0.15) is 0 Å². The van der Waals surface area contributed by atoms with Crippen LogP contribution in [0.2, 0.25) is 0 Å². The number of terminal acetylenes is 1. The van der Waals surface area contributed by atoms with Crippen LogP contribution in [0.15, 0.2) is 36.7 Å². The van der Waals surface area contributed by atoms with Crippen LogP contribution >= 0.6 is 0 Å². The highest BCUT2D eigenvalue weighted by atomic mass is 14.6. The summed E-state index contributed by atoms with van der Waals surface area (Å²) in [4.78, 5) is 4.13. The Bertz CT molecular complexity index is 554. The van der Waals surface area contributed by atoms with E-state index in [4.69, 9.17) is 6.42 Å². The predicted octanol–water partition coefficient (Wildman–Crippen LogP) is 2.90. The van der Waals surface area contributed by atoms with Gasteiger partial charge in [0.15, 0.2) is 0 Å². The molecular formula is C14H11N. The van der Waals surface area contributed by atoms with E-state index in [1.54, 1.807) is 0 Å². The molecule has 0 unspecified atom stereocenters. The van der Waals surface area contributed by atoms with Gasteiger partial charge in [0.05, 0.1) is 5.41 Å². The van der Waals surface area contributed by atoms with Crippen LogP contribution in [0, 0.1) is 12.3 Å². The lowest BCUT2D eigenvalue weighted by molar-refractivity contribution is 0.943. The largest absolute Gasteiger partial charge is 0.264 e. The van der Waals surface area contributed by atoms with E-state index in [2.05, 4.69) is 35.2 Å². The number of nitrogens with zero attached hydrogens (tertiary/aromatic N) is 1. The molecule has 1 heteroatoms. The van der Waals surface area contributed by atoms with Crippen molar-refractivity contribution in [1.29, 1.82) is 0 Å². The molecule has 0 atom stereocenters. The molecule has 0 bridgehead atoms. The van der Waals surface area contributed by atoms with Crippen LogP contribution < -0.4 is 0 Å². The molecule has 0 spiro atoms. The first-order valence-electron chi connectivity index (χ1n) is 5.17. The van der Waals surface area contributed by atoms with E-state index in [-0.39, 0.29) is 5.41 Å². The number of rotatable bonds is 1. The van der Waals surface area contributed by atoms with Crippen LogP contribution in [0.4, 0.5) is 0 Å². The molecule has 0 amide bonds. The molecule has 1 fully saturated rings. The molecule has 1 aliphatic carbocycles. The second kappa shape index (κ2) is 2.84. The molecule has 0 saturated heterocycles. The summed E-state index contributed by atoms with van der Waals surface area (Å²) in [6.07, 6.45) is 11.6. The van der Waals surface area contributed by atoms with Gasteiger partial charge in [0, 0.05) is 17.8 Å². The standard InChI is InChI=1S/C14H11N/c1-2-14(7-8-14)13-5-3-4-11-10-15-9-6-12(11)13/h1,3-6,9-10H,7-8H2. The summed E-state index contributed by atoms with van der Waals surface area (Å²) in [5.41, 5.74) is 1.31. The van der Waals surface area contributed by atoms with Crippen molar-refractivity contribution in [3.63, 3.8) is 0 Å². The van der Waals surface area contributed by atoms with E-state index in [0.29, 0.717) is 0 Å². The Kier molecular flexibility index (Phi) is 1.61. The fourth-order valence-corrected chi connectivity index (χ4v) is 2.16. The Hall–Kier alpha value is -1.81. The highest BCUT2D eigenvalue weighted by Gasteiger charge is 2.43. The van der Waals surface area contributed by atoms with E-state index >= 15 is 0 Å². The van der Waals surface area contributed by atoms with Crippen LogP contribution in [0.1, 0.15) is 18.4 Å². The van der Waals surface area contributed by atoms with E-state index in [1.807, 2.05) is 12.4 Å². The third-order valence-corrected chi connectivity index (χ3v) is 3.22. The first kappa shape index (κ1) is 8.49. The first-order valence-corrected chi connectivity index (χ1v) is 5.17. The van der Waals surface area contributed by atoms with Crippen molar-refractivity contribution in [2.75, 3.05) is 0 Å². The fraction of sp³-hybridized carbons (Fsp3) is 0.214. The minimum Gasteiger partial charge on any atom is -0.264 e. The summed E-state index contributed by atoms with van der Waals surface area (Å²) >= 11 is 0. The Labute approximate surface area is 89.2 Å². The van der Waals surface area contributed by atoms with E-state index in [9.17, 15) is 0 Å². The molecule has 0 N–H and O–H groups in total. The normalized spacial score (nSPS) is 17.3. The summed E-state index contributed by atoms with van der Waals surface area (Å²) in [6, 6.07) is 8.35. The summed E-state index contributed by atoms with van der Waals surface area (Å²) in [5.74, 6) is 2.94. The van der Waals surface area contributed by atoms with Crippen LogP contribution in [0.25, 0.3) is 10.8 Å². The molecule has 1 aliphatic rings. The predicted molar refractivity (Wildman–Crippen MR) is 61.5 cm³/mol. The van der Waals surface area contributed by atoms with Crippen molar-refractivity contribution in [2.24, 2.45) is 0 Å². The molecule has 1 heterocycles. The average Bonchev–Trinajstić information content (AvgIpc) is 3.09. The van der Waals surface area contributed by atoms with E-state index in [1.165, 1.54) is 16.3 Å². The molecule has 1 aromatic heterocycles. The molecule has 1 nitrogen and oxygen atoms in total. The number of fused-ring (bicyclic) bond motifs is 1. The molecule has 2 aromatic rings. The van der Waals surface area contributed by atoms with Gasteiger partial charge >= 0.3 is 0 Å². The van der Waals surface area contributed by atoms with Crippen molar-refractivity contribution in [2.45, 2.75) is 18.3 Å². The van der Waals surface area contributed by atoms with Gasteiger partial charge in [-0.25, -0.2) is 0 Å². The Morgan fingerprint density at radius 2 is 2.13 bits per heavy atom. The van der Waals surface area contributed by atoms with Crippen molar-refractivity contribution < 1.29 is 0 Å². The number of hydrogen-bond acceptors (Lipinski definition) is 1. The van der Waals surface area contributed by atoms with Crippen molar-refractivity contribution >= 4 is 10.8 Å². The number of pyridine rings is 1. The quantitative estimate of drug-likeness (QED) is 0.634. The molecule has 1 saturated carbocycles. The third kappa shape index (κ3) is 1.15. The number of hydrogen-bond donors (Lipinski definition) is 0. The molecule has 1 aromatic carbocycles. The lowest BCUT2D eigenvalue weighted by Crippen LogP contribution is -2.03. The zero-order valence-electron chi connectivity index (χ0n) is 8.40. The third-order valence-electron chi connectivity index (χ3n) is 3.22. The van der Waals surface area contributed by atoms with Gasteiger partial charge in [0.25, 0.3) is 0 Å². The average molecular weight is 193 g/mol. The van der Waals surface area contributed by atoms with Crippen molar-refractivity contribution in [1.82, 2.24) is 4.98 Å². The van der Waals surface area contributed by atoms with Crippen LogP contribution in [-0.4, -0.2) is 4.98 Å². The zero-order chi connectivity index (χ0) is 10.3. The maximum Gasteiger partial charge on any atom is 0.0567 e. The molecule has 72 valence electrons. The van der Waals surface area contributed by atoms with Gasteiger partial charge in [0.1, 0.15) is 0 Å². The Morgan fingerprint density at radius 1 is 1.27 bits per heavy atom. The lowest BCUT2D eigenvalue weighted by atomic mass is 9.92.